The largest absolute Gasteiger partial charge is 0.430 e. The lowest BCUT2D eigenvalue weighted by Crippen LogP contribution is -2.53. The maximum Gasteiger partial charge on any atom is 0.430 e. The van der Waals surface area contributed by atoms with E-state index < -0.39 is 23.5 Å². The Labute approximate surface area is 125 Å². The maximum absolute atomic E-state index is 12.8. The van der Waals surface area contributed by atoms with Crippen molar-refractivity contribution in [3.63, 3.8) is 0 Å². The van der Waals surface area contributed by atoms with Crippen molar-refractivity contribution >= 4 is 5.82 Å². The minimum atomic E-state index is -5.93. The van der Waals surface area contributed by atoms with Gasteiger partial charge in [-0.15, -0.1) is 0 Å². The molecule has 0 fully saturated rings. The fourth-order valence-electron chi connectivity index (χ4n) is 2.11. The summed E-state index contributed by atoms with van der Waals surface area (Å²) >= 11 is 0. The molecule has 3 N–H and O–H groups in total. The SMILES string of the molecule is Cc1onc(N)c1-c1ccc(C(O)(C(F)(F)F)C(F)(F)F)cc1. The number of aromatic nitrogens is 1. The van der Waals surface area contributed by atoms with E-state index in [9.17, 15) is 31.4 Å². The lowest BCUT2D eigenvalue weighted by molar-refractivity contribution is -0.376. The van der Waals surface area contributed by atoms with Crippen LogP contribution in [0.25, 0.3) is 11.1 Å². The van der Waals surface area contributed by atoms with E-state index in [1.807, 2.05) is 0 Å². The van der Waals surface area contributed by atoms with E-state index in [1.165, 1.54) is 6.92 Å². The van der Waals surface area contributed by atoms with Gasteiger partial charge in [0.1, 0.15) is 5.76 Å². The third-order valence-electron chi connectivity index (χ3n) is 3.30. The highest BCUT2D eigenvalue weighted by Gasteiger charge is 2.71. The van der Waals surface area contributed by atoms with Crippen molar-refractivity contribution in [2.24, 2.45) is 0 Å². The lowest BCUT2D eigenvalue weighted by atomic mass is 9.90. The fourth-order valence-corrected chi connectivity index (χ4v) is 2.11. The fraction of sp³-hybridized carbons (Fsp3) is 0.308. The number of rotatable bonds is 2. The summed E-state index contributed by atoms with van der Waals surface area (Å²) in [6.45, 7) is 1.48. The van der Waals surface area contributed by atoms with Gasteiger partial charge < -0.3 is 15.4 Å². The molecule has 0 aliphatic carbocycles. The van der Waals surface area contributed by atoms with Gasteiger partial charge in [-0.2, -0.15) is 26.3 Å². The molecule has 0 bridgehead atoms. The van der Waals surface area contributed by atoms with Gasteiger partial charge in [-0.1, -0.05) is 29.4 Å². The summed E-state index contributed by atoms with van der Waals surface area (Å²) in [5, 5.41) is 12.7. The zero-order chi connectivity index (χ0) is 17.6. The Morgan fingerprint density at radius 2 is 1.48 bits per heavy atom. The minimum absolute atomic E-state index is 0.0582. The number of aliphatic hydroxyl groups is 1. The normalized spacial score (nSPS) is 13.4. The molecule has 1 heterocycles. The van der Waals surface area contributed by atoms with Gasteiger partial charge in [0.2, 0.25) is 0 Å². The standard InChI is InChI=1S/C13H10F6N2O2/c1-6-9(10(20)21-23-6)7-2-4-8(5-3-7)11(22,12(14,15)16)13(17,18)19/h2-5,22H,1H3,(H2,20,21). The number of alkyl halides is 6. The number of hydrogen-bond acceptors (Lipinski definition) is 4. The predicted molar refractivity (Wildman–Crippen MR) is 67.1 cm³/mol. The zero-order valence-electron chi connectivity index (χ0n) is 11.5. The molecule has 2 rings (SSSR count). The summed E-state index contributed by atoms with van der Waals surface area (Å²) in [5.41, 5.74) is -0.341. The molecule has 0 radical (unpaired) electrons. The molecule has 126 valence electrons. The first-order chi connectivity index (χ1) is 10.4. The Balaban J connectivity index is 2.54. The first-order valence-corrected chi connectivity index (χ1v) is 6.08. The van der Waals surface area contributed by atoms with E-state index in [4.69, 9.17) is 10.3 Å². The van der Waals surface area contributed by atoms with Crippen LogP contribution in [-0.4, -0.2) is 22.6 Å². The molecule has 0 aliphatic heterocycles. The van der Waals surface area contributed by atoms with E-state index >= 15 is 0 Å². The molecule has 0 amide bonds. The van der Waals surface area contributed by atoms with Crippen LogP contribution in [0.5, 0.6) is 0 Å². The van der Waals surface area contributed by atoms with E-state index in [1.54, 1.807) is 0 Å². The van der Waals surface area contributed by atoms with Crippen LogP contribution >= 0.6 is 0 Å². The maximum atomic E-state index is 12.8. The molecule has 1 aromatic heterocycles. The Kier molecular flexibility index (Phi) is 3.84. The number of anilines is 1. The van der Waals surface area contributed by atoms with Gasteiger partial charge >= 0.3 is 12.4 Å². The first kappa shape index (κ1) is 17.1. The number of benzene rings is 1. The van der Waals surface area contributed by atoms with E-state index in [0.29, 0.717) is 12.1 Å². The van der Waals surface area contributed by atoms with Crippen LogP contribution in [-0.2, 0) is 5.60 Å². The zero-order valence-corrected chi connectivity index (χ0v) is 11.5. The summed E-state index contributed by atoms with van der Waals surface area (Å²) in [4.78, 5) is 0. The van der Waals surface area contributed by atoms with Gasteiger partial charge in [0.25, 0.3) is 5.60 Å². The van der Waals surface area contributed by atoms with E-state index in [-0.39, 0.29) is 22.7 Å². The summed E-state index contributed by atoms with van der Waals surface area (Å²) in [6.07, 6.45) is -11.9. The summed E-state index contributed by atoms with van der Waals surface area (Å²) in [7, 11) is 0. The third-order valence-corrected chi connectivity index (χ3v) is 3.30. The Morgan fingerprint density at radius 3 is 1.83 bits per heavy atom. The van der Waals surface area contributed by atoms with Crippen LogP contribution in [0.4, 0.5) is 32.2 Å². The molecule has 0 saturated carbocycles. The van der Waals surface area contributed by atoms with Gasteiger partial charge in [0.15, 0.2) is 5.82 Å². The lowest BCUT2D eigenvalue weighted by Gasteiger charge is -2.32. The van der Waals surface area contributed by atoms with Crippen LogP contribution in [0, 0.1) is 6.92 Å². The molecular weight excluding hydrogens is 330 g/mol. The van der Waals surface area contributed by atoms with E-state index in [2.05, 4.69) is 5.16 Å². The van der Waals surface area contributed by atoms with Gasteiger partial charge in [0.05, 0.1) is 5.56 Å². The molecule has 1 aromatic carbocycles. The number of nitrogen functional groups attached to an aromatic ring is 1. The second-order valence-corrected chi connectivity index (χ2v) is 4.78. The molecule has 2 aromatic rings. The monoisotopic (exact) mass is 340 g/mol. The Morgan fingerprint density at radius 1 is 1.00 bits per heavy atom. The van der Waals surface area contributed by atoms with Gasteiger partial charge in [-0.05, 0) is 12.5 Å². The van der Waals surface area contributed by atoms with Gasteiger partial charge in [-0.3, -0.25) is 0 Å². The van der Waals surface area contributed by atoms with Crippen LogP contribution in [0.2, 0.25) is 0 Å². The second kappa shape index (κ2) is 5.15. The quantitative estimate of drug-likeness (QED) is 0.820. The topological polar surface area (TPSA) is 72.3 Å². The number of halogens is 6. The Bertz CT molecular complexity index is 669. The van der Waals surface area contributed by atoms with Crippen LogP contribution < -0.4 is 5.73 Å². The Hall–Kier alpha value is -2.23. The summed E-state index contributed by atoms with van der Waals surface area (Å²) in [6, 6.07) is 2.99. The predicted octanol–water partition coefficient (Wildman–Crippen LogP) is 3.54. The third kappa shape index (κ3) is 2.62. The first-order valence-electron chi connectivity index (χ1n) is 6.08. The highest BCUT2D eigenvalue weighted by molar-refractivity contribution is 5.75. The second-order valence-electron chi connectivity index (χ2n) is 4.78. The van der Waals surface area contributed by atoms with Gasteiger partial charge in [0, 0.05) is 5.56 Å². The number of nitrogens with two attached hydrogens (primary N) is 1. The van der Waals surface area contributed by atoms with Crippen molar-refractivity contribution < 1.29 is 36.0 Å². The molecule has 0 saturated heterocycles. The van der Waals surface area contributed by atoms with Crippen LogP contribution in [0.3, 0.4) is 0 Å². The average Bonchev–Trinajstić information content (AvgIpc) is 2.75. The van der Waals surface area contributed by atoms with Crippen molar-refractivity contribution in [3.05, 3.63) is 35.6 Å². The highest BCUT2D eigenvalue weighted by atomic mass is 19.4. The molecule has 0 atom stereocenters. The summed E-state index contributed by atoms with van der Waals surface area (Å²) < 4.78 is 81.4. The number of aryl methyl sites for hydroxylation is 1. The van der Waals surface area contributed by atoms with E-state index in [0.717, 1.165) is 12.1 Å². The van der Waals surface area contributed by atoms with Gasteiger partial charge in [-0.25, -0.2) is 0 Å². The highest BCUT2D eigenvalue weighted by Crippen LogP contribution is 2.50. The van der Waals surface area contributed by atoms with Crippen molar-refractivity contribution in [1.29, 1.82) is 0 Å². The van der Waals surface area contributed by atoms with Crippen molar-refractivity contribution in [2.75, 3.05) is 5.73 Å². The minimum Gasteiger partial charge on any atom is -0.380 e. The van der Waals surface area contributed by atoms with Crippen molar-refractivity contribution in [1.82, 2.24) is 5.16 Å². The summed E-state index contributed by atoms with van der Waals surface area (Å²) in [5.74, 6) is 0.189. The molecule has 0 spiro atoms. The molecule has 0 unspecified atom stereocenters. The molecule has 0 aliphatic rings. The smallest absolute Gasteiger partial charge is 0.380 e. The molecule has 10 heteroatoms. The van der Waals surface area contributed by atoms with Crippen molar-refractivity contribution in [2.45, 2.75) is 24.9 Å². The molecule has 23 heavy (non-hydrogen) atoms. The molecule has 4 nitrogen and oxygen atoms in total. The average molecular weight is 340 g/mol. The van der Waals surface area contributed by atoms with Crippen LogP contribution in [0.1, 0.15) is 11.3 Å². The molecular formula is C13H10F6N2O2. The van der Waals surface area contributed by atoms with Crippen LogP contribution in [0.15, 0.2) is 28.8 Å². The van der Waals surface area contributed by atoms with Crippen molar-refractivity contribution in [3.8, 4) is 11.1 Å². The number of nitrogens with zero attached hydrogens (tertiary/aromatic N) is 1. The number of hydrogen-bond donors (Lipinski definition) is 2.